The summed E-state index contributed by atoms with van der Waals surface area (Å²) in [4.78, 5) is 0.0907. The molecular formula is C48H78MgO6S2. The van der Waals surface area contributed by atoms with Gasteiger partial charge in [-0.3, -0.25) is 0 Å². The predicted octanol–water partition coefficient (Wildman–Crippen LogP) is 13.8. The van der Waals surface area contributed by atoms with Gasteiger partial charge < -0.3 is 9.11 Å². The largest absolute Gasteiger partial charge is 2.00 e. The average molecular weight is 840 g/mol. The van der Waals surface area contributed by atoms with Crippen molar-refractivity contribution in [2.45, 2.75) is 241 Å². The summed E-state index contributed by atoms with van der Waals surface area (Å²) in [5.74, 6) is 0.485. The second-order valence-electron chi connectivity index (χ2n) is 17.1. The molecule has 0 bridgehead atoms. The maximum absolute atomic E-state index is 11.8. The van der Waals surface area contributed by atoms with Gasteiger partial charge in [-0.25, -0.2) is 16.8 Å². The Kier molecular flexibility index (Phi) is 27.6. The maximum atomic E-state index is 11.8. The molecule has 2 aromatic carbocycles. The van der Waals surface area contributed by atoms with Gasteiger partial charge in [-0.2, -0.15) is 0 Å². The maximum Gasteiger partial charge on any atom is 2.00 e. The number of aryl methyl sites for hydroxylation is 2. The molecule has 57 heavy (non-hydrogen) atoms. The Hall–Kier alpha value is -0.974. The van der Waals surface area contributed by atoms with Crippen molar-refractivity contribution in [3.63, 3.8) is 0 Å². The van der Waals surface area contributed by atoms with E-state index >= 15 is 0 Å². The number of hydrogen-bond acceptors (Lipinski definition) is 6. The van der Waals surface area contributed by atoms with Crippen LogP contribution in [-0.2, 0) is 33.1 Å². The molecule has 2 aromatic rings. The Bertz CT molecular complexity index is 1450. The summed E-state index contributed by atoms with van der Waals surface area (Å²) in [6.45, 7) is 4.50. The minimum atomic E-state index is -4.41. The van der Waals surface area contributed by atoms with Crippen LogP contribution in [0.15, 0.2) is 46.2 Å². The van der Waals surface area contributed by atoms with Gasteiger partial charge in [-0.15, -0.1) is 0 Å². The summed E-state index contributed by atoms with van der Waals surface area (Å²) < 4.78 is 71.0. The number of unbranched alkanes of at least 4 members (excludes halogenated alkanes) is 18. The predicted molar refractivity (Wildman–Crippen MR) is 237 cm³/mol. The van der Waals surface area contributed by atoms with Crippen molar-refractivity contribution in [1.29, 1.82) is 0 Å². The van der Waals surface area contributed by atoms with Crippen molar-refractivity contribution in [3.8, 4) is 0 Å². The summed E-state index contributed by atoms with van der Waals surface area (Å²) in [5, 5.41) is 0. The molecule has 6 nitrogen and oxygen atoms in total. The van der Waals surface area contributed by atoms with Gasteiger partial charge in [0.05, 0.1) is 9.79 Å². The van der Waals surface area contributed by atoms with Crippen molar-refractivity contribution in [2.24, 2.45) is 0 Å². The number of hydrogen-bond donors (Lipinski definition) is 0. The molecule has 2 fully saturated rings. The van der Waals surface area contributed by atoms with Crippen molar-refractivity contribution < 1.29 is 25.9 Å². The zero-order valence-corrected chi connectivity index (χ0v) is 39.3. The van der Waals surface area contributed by atoms with E-state index in [9.17, 15) is 25.9 Å². The van der Waals surface area contributed by atoms with Gasteiger partial charge in [0.1, 0.15) is 20.2 Å². The van der Waals surface area contributed by atoms with Crippen LogP contribution >= 0.6 is 0 Å². The minimum absolute atomic E-state index is 0. The summed E-state index contributed by atoms with van der Waals surface area (Å²) in [6.07, 6.45) is 38.7. The van der Waals surface area contributed by atoms with Crippen molar-refractivity contribution >= 4 is 43.3 Å². The molecule has 0 unspecified atom stereocenters. The van der Waals surface area contributed by atoms with Crippen LogP contribution in [-0.4, -0.2) is 49.0 Å². The van der Waals surface area contributed by atoms with Crippen LogP contribution in [0.3, 0.4) is 0 Å². The SMILES string of the molecule is CCCCCCCCCCCCc1cccc(S(=O)(=O)[O-])c1C1CCCCC1.CCCCCCCCCCCCc1cccc(S(=O)(=O)[O-])c1C1CCCCC1.[Mg+2]. The van der Waals surface area contributed by atoms with Gasteiger partial charge in [0.2, 0.25) is 0 Å². The first kappa shape index (κ1) is 52.2. The first-order valence-corrected chi connectivity index (χ1v) is 26.0. The van der Waals surface area contributed by atoms with E-state index in [0.717, 1.165) is 99.3 Å². The summed E-state index contributed by atoms with van der Waals surface area (Å²) in [7, 11) is -8.82. The first-order valence-electron chi connectivity index (χ1n) is 23.2. The smallest absolute Gasteiger partial charge is 0.744 e. The minimum Gasteiger partial charge on any atom is -0.744 e. The van der Waals surface area contributed by atoms with E-state index in [1.807, 2.05) is 12.1 Å². The molecule has 2 aliphatic rings. The third-order valence-electron chi connectivity index (χ3n) is 12.5. The Morgan fingerprint density at radius 1 is 0.439 bits per heavy atom. The van der Waals surface area contributed by atoms with Crippen molar-refractivity contribution in [1.82, 2.24) is 0 Å². The van der Waals surface area contributed by atoms with E-state index < -0.39 is 20.2 Å². The fourth-order valence-electron chi connectivity index (χ4n) is 9.37. The van der Waals surface area contributed by atoms with Crippen molar-refractivity contribution in [2.75, 3.05) is 0 Å². The van der Waals surface area contributed by atoms with E-state index in [0.29, 0.717) is 0 Å². The molecule has 0 aliphatic heterocycles. The molecule has 0 atom stereocenters. The zero-order chi connectivity index (χ0) is 40.5. The van der Waals surface area contributed by atoms with E-state index in [1.165, 1.54) is 141 Å². The monoisotopic (exact) mass is 839 g/mol. The number of benzene rings is 2. The number of rotatable bonds is 26. The Balaban J connectivity index is 0.000000387. The van der Waals surface area contributed by atoms with E-state index in [2.05, 4.69) is 13.8 Å². The third-order valence-corrected chi connectivity index (χ3v) is 14.3. The van der Waals surface area contributed by atoms with Crippen LogP contribution in [0.4, 0.5) is 0 Å². The molecule has 320 valence electrons. The standard InChI is InChI=1S/2C24H40O3S.Mg/c2*1-2-3-4-5-6-7-8-9-10-12-16-22-19-15-20-23(28(25,26)27)24(22)21-17-13-11-14-18-21;/h2*15,19-21H,2-14,16-18H2,1H3,(H,25,26,27);/q;;+2/p-2. The molecular weight excluding hydrogens is 761 g/mol. The molecule has 0 N–H and O–H groups in total. The molecule has 9 heteroatoms. The topological polar surface area (TPSA) is 114 Å². The zero-order valence-electron chi connectivity index (χ0n) is 36.2. The van der Waals surface area contributed by atoms with Gasteiger partial charge in [0, 0.05) is 0 Å². The van der Waals surface area contributed by atoms with Crippen molar-refractivity contribution in [3.05, 3.63) is 58.7 Å². The van der Waals surface area contributed by atoms with Gasteiger partial charge in [-0.05, 0) is 97.6 Å². The summed E-state index contributed by atoms with van der Waals surface area (Å²) >= 11 is 0. The first-order chi connectivity index (χ1) is 27.1. The Morgan fingerprint density at radius 3 is 1.00 bits per heavy atom. The molecule has 0 radical (unpaired) electrons. The molecule has 0 amide bonds. The Labute approximate surface area is 366 Å². The molecule has 0 saturated heterocycles. The fourth-order valence-corrected chi connectivity index (χ4v) is 11.0. The van der Waals surface area contributed by atoms with E-state index in [4.69, 9.17) is 0 Å². The molecule has 2 saturated carbocycles. The van der Waals surface area contributed by atoms with Gasteiger partial charge >= 0.3 is 23.1 Å². The van der Waals surface area contributed by atoms with Gasteiger partial charge in [-0.1, -0.05) is 192 Å². The average Bonchev–Trinajstić information content (AvgIpc) is 3.19. The summed E-state index contributed by atoms with van der Waals surface area (Å²) in [5.41, 5.74) is 3.91. The van der Waals surface area contributed by atoms with Crippen LogP contribution in [0.5, 0.6) is 0 Å². The van der Waals surface area contributed by atoms with Crippen LogP contribution in [0.1, 0.15) is 241 Å². The second-order valence-corrected chi connectivity index (χ2v) is 19.8. The molecule has 0 aromatic heterocycles. The second kappa shape index (κ2) is 30.1. The molecule has 2 aliphatic carbocycles. The molecule has 4 rings (SSSR count). The molecule has 0 spiro atoms. The van der Waals surface area contributed by atoms with Crippen LogP contribution < -0.4 is 0 Å². The normalized spacial score (nSPS) is 15.5. The quantitative estimate of drug-likeness (QED) is 0.0529. The summed E-state index contributed by atoms with van der Waals surface area (Å²) in [6, 6.07) is 10.6. The van der Waals surface area contributed by atoms with E-state index in [-0.39, 0.29) is 44.7 Å². The fraction of sp³-hybridized carbons (Fsp3) is 0.750. The molecule has 0 heterocycles. The van der Waals surface area contributed by atoms with Crippen LogP contribution in [0.25, 0.3) is 0 Å². The van der Waals surface area contributed by atoms with Gasteiger partial charge in [0.15, 0.2) is 0 Å². The third kappa shape index (κ3) is 20.4. The Morgan fingerprint density at radius 2 is 0.719 bits per heavy atom. The van der Waals surface area contributed by atoms with Crippen LogP contribution in [0, 0.1) is 0 Å². The van der Waals surface area contributed by atoms with E-state index in [1.54, 1.807) is 12.1 Å². The van der Waals surface area contributed by atoms with Gasteiger partial charge in [0.25, 0.3) is 0 Å². The van der Waals surface area contributed by atoms with Crippen LogP contribution in [0.2, 0.25) is 0 Å².